The first-order chi connectivity index (χ1) is 8.52. The van der Waals surface area contributed by atoms with Crippen molar-refractivity contribution >= 4 is 5.97 Å². The summed E-state index contributed by atoms with van der Waals surface area (Å²) < 4.78 is 5.17. The van der Waals surface area contributed by atoms with Crippen molar-refractivity contribution in [3.05, 3.63) is 35.3 Å². The fraction of sp³-hybridized carbons (Fsp3) is 0.231. The SMILES string of the molecule is COc1ccc(-c2nc(C)[nH]c2C(=O)O)cc1C. The molecule has 1 aromatic carbocycles. The van der Waals surface area contributed by atoms with Gasteiger partial charge in [-0.3, -0.25) is 0 Å². The summed E-state index contributed by atoms with van der Waals surface area (Å²) in [5.74, 6) is 0.331. The number of benzene rings is 1. The van der Waals surface area contributed by atoms with Crippen molar-refractivity contribution < 1.29 is 14.6 Å². The van der Waals surface area contributed by atoms with Crippen LogP contribution in [0, 0.1) is 13.8 Å². The van der Waals surface area contributed by atoms with E-state index in [1.54, 1.807) is 26.2 Å². The average molecular weight is 246 g/mol. The maximum absolute atomic E-state index is 11.1. The van der Waals surface area contributed by atoms with Gasteiger partial charge in [0.25, 0.3) is 0 Å². The number of carbonyl (C=O) groups is 1. The van der Waals surface area contributed by atoms with Gasteiger partial charge in [0.1, 0.15) is 17.3 Å². The fourth-order valence-electron chi connectivity index (χ4n) is 1.88. The highest BCUT2D eigenvalue weighted by molar-refractivity contribution is 5.93. The fourth-order valence-corrected chi connectivity index (χ4v) is 1.88. The molecule has 0 unspecified atom stereocenters. The van der Waals surface area contributed by atoms with Crippen LogP contribution in [-0.4, -0.2) is 28.2 Å². The van der Waals surface area contributed by atoms with Crippen molar-refractivity contribution in [3.8, 4) is 17.0 Å². The molecule has 2 rings (SSSR count). The van der Waals surface area contributed by atoms with E-state index in [0.717, 1.165) is 16.9 Å². The number of carboxylic acids is 1. The average Bonchev–Trinajstić information content (AvgIpc) is 2.71. The van der Waals surface area contributed by atoms with Crippen LogP contribution in [0.5, 0.6) is 5.75 Å². The number of imidazole rings is 1. The molecule has 0 fully saturated rings. The standard InChI is InChI=1S/C13H14N2O3/c1-7-6-9(4-5-10(7)18-3)11-12(13(16)17)15-8(2)14-11/h4-6H,1-3H3,(H,14,15)(H,16,17). The number of nitrogens with zero attached hydrogens (tertiary/aromatic N) is 1. The lowest BCUT2D eigenvalue weighted by Gasteiger charge is -2.06. The third kappa shape index (κ3) is 2.07. The molecule has 0 bridgehead atoms. The molecular formula is C13H14N2O3. The summed E-state index contributed by atoms with van der Waals surface area (Å²) in [6.45, 7) is 3.63. The first-order valence-electron chi connectivity index (χ1n) is 5.48. The van der Waals surface area contributed by atoms with Crippen LogP contribution < -0.4 is 4.74 Å². The molecule has 2 aromatic rings. The first kappa shape index (κ1) is 12.2. The van der Waals surface area contributed by atoms with Crippen LogP contribution in [0.4, 0.5) is 0 Å². The Morgan fingerprint density at radius 2 is 2.11 bits per heavy atom. The quantitative estimate of drug-likeness (QED) is 0.872. The van der Waals surface area contributed by atoms with Gasteiger partial charge in [-0.25, -0.2) is 9.78 Å². The van der Waals surface area contributed by atoms with E-state index in [-0.39, 0.29) is 5.69 Å². The lowest BCUT2D eigenvalue weighted by atomic mass is 10.1. The zero-order chi connectivity index (χ0) is 13.3. The number of hydrogen-bond acceptors (Lipinski definition) is 3. The monoisotopic (exact) mass is 246 g/mol. The second kappa shape index (κ2) is 4.52. The largest absolute Gasteiger partial charge is 0.496 e. The molecule has 0 spiro atoms. The minimum atomic E-state index is -1.01. The second-order valence-corrected chi connectivity index (χ2v) is 4.04. The predicted molar refractivity (Wildman–Crippen MR) is 67.0 cm³/mol. The Labute approximate surface area is 104 Å². The Bertz CT molecular complexity index is 602. The van der Waals surface area contributed by atoms with E-state index in [4.69, 9.17) is 9.84 Å². The summed E-state index contributed by atoms with van der Waals surface area (Å²) in [6, 6.07) is 5.47. The maximum Gasteiger partial charge on any atom is 0.354 e. The minimum Gasteiger partial charge on any atom is -0.496 e. The van der Waals surface area contributed by atoms with Gasteiger partial charge < -0.3 is 14.8 Å². The molecule has 0 saturated heterocycles. The highest BCUT2D eigenvalue weighted by Gasteiger charge is 2.17. The van der Waals surface area contributed by atoms with Gasteiger partial charge in [-0.05, 0) is 37.6 Å². The van der Waals surface area contributed by atoms with Gasteiger partial charge in [0, 0.05) is 5.56 Å². The highest BCUT2D eigenvalue weighted by Crippen LogP contribution is 2.27. The number of carboxylic acid groups (broad SMARTS) is 1. The number of methoxy groups -OCH3 is 1. The number of aromatic carboxylic acids is 1. The van der Waals surface area contributed by atoms with Crippen molar-refractivity contribution in [2.24, 2.45) is 0 Å². The van der Waals surface area contributed by atoms with E-state index >= 15 is 0 Å². The van der Waals surface area contributed by atoms with Crippen LogP contribution in [0.1, 0.15) is 21.9 Å². The summed E-state index contributed by atoms with van der Waals surface area (Å²) in [6.07, 6.45) is 0. The molecule has 0 aliphatic heterocycles. The lowest BCUT2D eigenvalue weighted by molar-refractivity contribution is 0.0692. The van der Waals surface area contributed by atoms with Gasteiger partial charge in [-0.2, -0.15) is 0 Å². The molecular weight excluding hydrogens is 232 g/mol. The van der Waals surface area contributed by atoms with Crippen LogP contribution in [0.2, 0.25) is 0 Å². The Morgan fingerprint density at radius 1 is 1.39 bits per heavy atom. The van der Waals surface area contributed by atoms with Gasteiger partial charge in [0.05, 0.1) is 7.11 Å². The molecule has 1 heterocycles. The van der Waals surface area contributed by atoms with Gasteiger partial charge in [-0.15, -0.1) is 0 Å². The number of aromatic amines is 1. The normalized spacial score (nSPS) is 10.4. The smallest absolute Gasteiger partial charge is 0.354 e. The minimum absolute atomic E-state index is 0.108. The summed E-state index contributed by atoms with van der Waals surface area (Å²) in [5.41, 5.74) is 2.25. The molecule has 2 N–H and O–H groups in total. The second-order valence-electron chi connectivity index (χ2n) is 4.04. The number of hydrogen-bond donors (Lipinski definition) is 2. The third-order valence-corrected chi connectivity index (χ3v) is 2.70. The Morgan fingerprint density at radius 3 is 2.67 bits per heavy atom. The zero-order valence-corrected chi connectivity index (χ0v) is 10.4. The van der Waals surface area contributed by atoms with E-state index in [0.29, 0.717) is 11.5 Å². The molecule has 1 aromatic heterocycles. The molecule has 5 nitrogen and oxygen atoms in total. The molecule has 94 valence electrons. The predicted octanol–water partition coefficient (Wildman–Crippen LogP) is 2.40. The summed E-state index contributed by atoms with van der Waals surface area (Å²) in [7, 11) is 1.60. The summed E-state index contributed by atoms with van der Waals surface area (Å²) in [5, 5.41) is 9.11. The topological polar surface area (TPSA) is 75.2 Å². The van der Waals surface area contributed by atoms with Crippen molar-refractivity contribution in [1.29, 1.82) is 0 Å². The van der Waals surface area contributed by atoms with E-state index in [9.17, 15) is 4.79 Å². The van der Waals surface area contributed by atoms with E-state index in [1.807, 2.05) is 13.0 Å². The van der Waals surface area contributed by atoms with Crippen molar-refractivity contribution in [2.45, 2.75) is 13.8 Å². The van der Waals surface area contributed by atoms with Crippen molar-refractivity contribution in [3.63, 3.8) is 0 Å². The molecule has 0 aliphatic rings. The maximum atomic E-state index is 11.1. The molecule has 0 aliphatic carbocycles. The number of aryl methyl sites for hydroxylation is 2. The highest BCUT2D eigenvalue weighted by atomic mass is 16.5. The lowest BCUT2D eigenvalue weighted by Crippen LogP contribution is -1.99. The Hall–Kier alpha value is -2.30. The number of H-pyrrole nitrogens is 1. The molecule has 0 radical (unpaired) electrons. The Kier molecular flexibility index (Phi) is 3.06. The molecule has 0 amide bonds. The number of nitrogens with one attached hydrogen (secondary N) is 1. The van der Waals surface area contributed by atoms with Crippen LogP contribution in [0.3, 0.4) is 0 Å². The zero-order valence-electron chi connectivity index (χ0n) is 10.4. The van der Waals surface area contributed by atoms with Gasteiger partial charge in [-0.1, -0.05) is 0 Å². The summed E-state index contributed by atoms with van der Waals surface area (Å²) in [4.78, 5) is 18.1. The first-order valence-corrected chi connectivity index (χ1v) is 5.48. The van der Waals surface area contributed by atoms with Crippen molar-refractivity contribution in [1.82, 2.24) is 9.97 Å². The van der Waals surface area contributed by atoms with Crippen molar-refractivity contribution in [2.75, 3.05) is 7.11 Å². The van der Waals surface area contributed by atoms with Gasteiger partial charge in [0.15, 0.2) is 5.69 Å². The van der Waals surface area contributed by atoms with E-state index in [1.165, 1.54) is 0 Å². The third-order valence-electron chi connectivity index (χ3n) is 2.70. The van der Waals surface area contributed by atoms with Gasteiger partial charge >= 0.3 is 5.97 Å². The summed E-state index contributed by atoms with van der Waals surface area (Å²) >= 11 is 0. The molecule has 0 atom stereocenters. The molecule has 0 saturated carbocycles. The van der Waals surface area contributed by atoms with Crippen LogP contribution in [0.15, 0.2) is 18.2 Å². The van der Waals surface area contributed by atoms with Crippen LogP contribution in [-0.2, 0) is 0 Å². The van der Waals surface area contributed by atoms with Crippen LogP contribution in [0.25, 0.3) is 11.3 Å². The van der Waals surface area contributed by atoms with Crippen LogP contribution >= 0.6 is 0 Å². The van der Waals surface area contributed by atoms with E-state index < -0.39 is 5.97 Å². The van der Waals surface area contributed by atoms with E-state index in [2.05, 4.69) is 9.97 Å². The number of aromatic nitrogens is 2. The van der Waals surface area contributed by atoms with Gasteiger partial charge in [0.2, 0.25) is 0 Å². The Balaban J connectivity index is 2.55. The molecule has 5 heteroatoms. The number of rotatable bonds is 3. The molecule has 18 heavy (non-hydrogen) atoms. The number of ether oxygens (including phenoxy) is 1.